The van der Waals surface area contributed by atoms with Crippen LogP contribution >= 0.6 is 0 Å². The second kappa shape index (κ2) is 5.02. The number of carbonyl (C=O) groups is 1. The van der Waals surface area contributed by atoms with Crippen molar-refractivity contribution in [2.45, 2.75) is 0 Å². The minimum atomic E-state index is -1.10. The molecule has 0 saturated heterocycles. The standard InChI is InChI=1S/C16H9NO4/c17-9-14-15(10-5-1-3-7-12(10)20-14)21-13-8-4-2-6-11(13)16(18)19/h1-8H,(H,18,19). The van der Waals surface area contributed by atoms with Crippen molar-refractivity contribution in [3.05, 3.63) is 59.9 Å². The van der Waals surface area contributed by atoms with Gasteiger partial charge in [-0.15, -0.1) is 0 Å². The topological polar surface area (TPSA) is 83.5 Å². The van der Waals surface area contributed by atoms with Crippen LogP contribution in [0, 0.1) is 11.3 Å². The van der Waals surface area contributed by atoms with Gasteiger partial charge in [-0.25, -0.2) is 4.79 Å². The lowest BCUT2D eigenvalue weighted by Crippen LogP contribution is -1.99. The van der Waals surface area contributed by atoms with E-state index in [4.69, 9.17) is 19.5 Å². The highest BCUT2D eigenvalue weighted by atomic mass is 16.5. The Morgan fingerprint density at radius 2 is 1.86 bits per heavy atom. The van der Waals surface area contributed by atoms with E-state index in [1.165, 1.54) is 12.1 Å². The van der Waals surface area contributed by atoms with Crippen molar-refractivity contribution < 1.29 is 19.1 Å². The molecule has 0 amide bonds. The summed E-state index contributed by atoms with van der Waals surface area (Å²) >= 11 is 0. The molecule has 0 aliphatic heterocycles. The van der Waals surface area contributed by atoms with Gasteiger partial charge in [0, 0.05) is 0 Å². The van der Waals surface area contributed by atoms with Crippen molar-refractivity contribution in [2.24, 2.45) is 0 Å². The largest absolute Gasteiger partial charge is 0.478 e. The summed E-state index contributed by atoms with van der Waals surface area (Å²) in [7, 11) is 0. The third-order valence-corrected chi connectivity index (χ3v) is 2.98. The Bertz CT molecular complexity index is 873. The van der Waals surface area contributed by atoms with E-state index < -0.39 is 5.97 Å². The van der Waals surface area contributed by atoms with Crippen LogP contribution in [0.25, 0.3) is 11.0 Å². The molecule has 5 nitrogen and oxygen atoms in total. The van der Waals surface area contributed by atoms with E-state index in [2.05, 4.69) is 0 Å². The minimum absolute atomic E-state index is 0.0105. The van der Waals surface area contributed by atoms with Crippen molar-refractivity contribution in [2.75, 3.05) is 0 Å². The molecular formula is C16H9NO4. The molecule has 3 aromatic rings. The van der Waals surface area contributed by atoms with E-state index in [9.17, 15) is 4.79 Å². The molecule has 0 radical (unpaired) electrons. The summed E-state index contributed by atoms with van der Waals surface area (Å²) in [5.41, 5.74) is 0.531. The Kier molecular flexibility index (Phi) is 3.05. The second-order valence-electron chi connectivity index (χ2n) is 4.27. The number of carboxylic acids is 1. The van der Waals surface area contributed by atoms with Crippen LogP contribution in [0.3, 0.4) is 0 Å². The number of furan rings is 1. The fourth-order valence-corrected chi connectivity index (χ4v) is 2.04. The van der Waals surface area contributed by atoms with Crippen LogP contribution < -0.4 is 4.74 Å². The smallest absolute Gasteiger partial charge is 0.339 e. The molecule has 0 unspecified atom stereocenters. The van der Waals surface area contributed by atoms with Crippen LogP contribution in [-0.4, -0.2) is 11.1 Å². The molecular weight excluding hydrogens is 270 g/mol. The first kappa shape index (κ1) is 12.8. The molecule has 5 heteroatoms. The lowest BCUT2D eigenvalue weighted by molar-refractivity contribution is 0.0694. The second-order valence-corrected chi connectivity index (χ2v) is 4.27. The highest BCUT2D eigenvalue weighted by Gasteiger charge is 2.18. The van der Waals surface area contributed by atoms with Gasteiger partial charge in [0.15, 0.2) is 5.75 Å². The van der Waals surface area contributed by atoms with Crippen molar-refractivity contribution in [3.8, 4) is 17.6 Å². The summed E-state index contributed by atoms with van der Waals surface area (Å²) in [6.07, 6.45) is 0. The van der Waals surface area contributed by atoms with Crippen LogP contribution in [0.15, 0.2) is 52.9 Å². The van der Waals surface area contributed by atoms with E-state index in [0.717, 1.165) is 0 Å². The molecule has 0 aliphatic carbocycles. The van der Waals surface area contributed by atoms with Crippen LogP contribution in [-0.2, 0) is 0 Å². The van der Waals surface area contributed by atoms with Crippen molar-refractivity contribution in [1.29, 1.82) is 5.26 Å². The first-order valence-electron chi connectivity index (χ1n) is 6.12. The normalized spacial score (nSPS) is 10.2. The van der Waals surface area contributed by atoms with E-state index in [0.29, 0.717) is 11.0 Å². The number of aromatic carboxylic acids is 1. The number of nitrogens with zero attached hydrogens (tertiary/aromatic N) is 1. The number of ether oxygens (including phenoxy) is 1. The van der Waals surface area contributed by atoms with E-state index in [1.807, 2.05) is 6.07 Å². The van der Waals surface area contributed by atoms with Gasteiger partial charge in [-0.05, 0) is 24.3 Å². The maximum Gasteiger partial charge on any atom is 0.339 e. The minimum Gasteiger partial charge on any atom is -0.478 e. The Morgan fingerprint density at radius 3 is 2.62 bits per heavy atom. The molecule has 0 spiro atoms. The highest BCUT2D eigenvalue weighted by molar-refractivity contribution is 5.92. The van der Waals surface area contributed by atoms with Crippen molar-refractivity contribution in [1.82, 2.24) is 0 Å². The number of hydrogen-bond acceptors (Lipinski definition) is 4. The predicted molar refractivity (Wildman–Crippen MR) is 74.4 cm³/mol. The number of fused-ring (bicyclic) bond motifs is 1. The van der Waals surface area contributed by atoms with Crippen LogP contribution in [0.5, 0.6) is 11.5 Å². The predicted octanol–water partition coefficient (Wildman–Crippen LogP) is 3.79. The van der Waals surface area contributed by atoms with Gasteiger partial charge in [0.2, 0.25) is 5.76 Å². The molecule has 0 fully saturated rings. The van der Waals surface area contributed by atoms with Gasteiger partial charge < -0.3 is 14.3 Å². The zero-order valence-corrected chi connectivity index (χ0v) is 10.7. The zero-order valence-electron chi connectivity index (χ0n) is 10.7. The third kappa shape index (κ3) is 2.19. The molecule has 0 aliphatic rings. The number of nitriles is 1. The Hall–Kier alpha value is -3.26. The van der Waals surface area contributed by atoms with Gasteiger partial charge in [-0.2, -0.15) is 5.26 Å². The summed E-state index contributed by atoms with van der Waals surface area (Å²) in [6.45, 7) is 0. The molecule has 2 aromatic carbocycles. The summed E-state index contributed by atoms with van der Waals surface area (Å²) in [5, 5.41) is 18.9. The molecule has 0 saturated carbocycles. The van der Waals surface area contributed by atoms with Crippen LogP contribution in [0.4, 0.5) is 0 Å². The molecule has 0 atom stereocenters. The fraction of sp³-hybridized carbons (Fsp3) is 0. The number of hydrogen-bond donors (Lipinski definition) is 1. The highest BCUT2D eigenvalue weighted by Crippen LogP contribution is 2.36. The quantitative estimate of drug-likeness (QED) is 0.788. The Morgan fingerprint density at radius 1 is 1.14 bits per heavy atom. The van der Waals surface area contributed by atoms with Gasteiger partial charge in [0.05, 0.1) is 5.39 Å². The summed E-state index contributed by atoms with van der Waals surface area (Å²) < 4.78 is 11.0. The summed E-state index contributed by atoms with van der Waals surface area (Å²) in [5.74, 6) is -0.705. The molecule has 1 N–H and O–H groups in total. The van der Waals surface area contributed by atoms with Crippen molar-refractivity contribution in [3.63, 3.8) is 0 Å². The van der Waals surface area contributed by atoms with Gasteiger partial charge in [0.25, 0.3) is 0 Å². The van der Waals surface area contributed by atoms with Gasteiger partial charge in [-0.3, -0.25) is 0 Å². The first-order valence-corrected chi connectivity index (χ1v) is 6.12. The fourth-order valence-electron chi connectivity index (χ4n) is 2.04. The molecule has 0 bridgehead atoms. The van der Waals surface area contributed by atoms with Gasteiger partial charge >= 0.3 is 5.97 Å². The SMILES string of the molecule is N#Cc1oc2ccccc2c1Oc1ccccc1C(=O)O. The summed E-state index contributed by atoms with van der Waals surface area (Å²) in [4.78, 5) is 11.2. The number of benzene rings is 2. The first-order chi connectivity index (χ1) is 10.2. The van der Waals surface area contributed by atoms with Gasteiger partial charge in [0.1, 0.15) is 23.0 Å². The maximum atomic E-state index is 11.2. The lowest BCUT2D eigenvalue weighted by Gasteiger charge is -2.07. The Balaban J connectivity index is 2.15. The molecule has 1 heterocycles. The number of rotatable bonds is 3. The lowest BCUT2D eigenvalue weighted by atomic mass is 10.2. The van der Waals surface area contributed by atoms with Crippen LogP contribution in [0.1, 0.15) is 16.1 Å². The Labute approximate surface area is 119 Å². The third-order valence-electron chi connectivity index (χ3n) is 2.98. The zero-order chi connectivity index (χ0) is 14.8. The van der Waals surface area contributed by atoms with E-state index in [1.54, 1.807) is 36.4 Å². The van der Waals surface area contributed by atoms with Gasteiger partial charge in [-0.1, -0.05) is 24.3 Å². The number of para-hydroxylation sites is 2. The summed E-state index contributed by atoms with van der Waals surface area (Å²) in [6, 6.07) is 15.2. The maximum absolute atomic E-state index is 11.2. The monoisotopic (exact) mass is 279 g/mol. The molecule has 102 valence electrons. The van der Waals surface area contributed by atoms with E-state index in [-0.39, 0.29) is 22.8 Å². The molecule has 3 rings (SSSR count). The average molecular weight is 279 g/mol. The average Bonchev–Trinajstić information content (AvgIpc) is 2.86. The number of carboxylic acid groups (broad SMARTS) is 1. The van der Waals surface area contributed by atoms with E-state index >= 15 is 0 Å². The molecule has 1 aromatic heterocycles. The van der Waals surface area contributed by atoms with Crippen LogP contribution in [0.2, 0.25) is 0 Å². The molecule has 21 heavy (non-hydrogen) atoms. The van der Waals surface area contributed by atoms with Crippen molar-refractivity contribution >= 4 is 16.9 Å².